The minimum absolute atomic E-state index is 0.0381. The lowest BCUT2D eigenvalue weighted by atomic mass is 9.95. The van der Waals surface area contributed by atoms with E-state index in [0.717, 1.165) is 5.56 Å². The Labute approximate surface area is 120 Å². The Morgan fingerprint density at radius 3 is 2.45 bits per heavy atom. The number of aromatic nitrogens is 2. The van der Waals surface area contributed by atoms with Gasteiger partial charge in [-0.25, -0.2) is 9.97 Å². The lowest BCUT2D eigenvalue weighted by molar-refractivity contribution is -0.119. The molecule has 0 spiro atoms. The summed E-state index contributed by atoms with van der Waals surface area (Å²) in [5, 5.41) is 2.77. The molecule has 112 valence electrons. The third kappa shape index (κ3) is 3.82. The molecule has 0 unspecified atom stereocenters. The molecule has 0 saturated carbocycles. The number of nitrogens with zero attached hydrogens (tertiary/aromatic N) is 3. The van der Waals surface area contributed by atoms with Crippen LogP contribution in [-0.4, -0.2) is 36.0 Å². The first kappa shape index (κ1) is 16.2. The van der Waals surface area contributed by atoms with Gasteiger partial charge in [0.15, 0.2) is 0 Å². The number of hydrogen-bond donors (Lipinski definition) is 2. The molecule has 0 aliphatic heterocycles. The maximum absolute atomic E-state index is 11.7. The number of nitrogens with two attached hydrogens (primary N) is 1. The summed E-state index contributed by atoms with van der Waals surface area (Å²) in [5.41, 5.74) is 6.57. The van der Waals surface area contributed by atoms with Crippen LogP contribution in [0.4, 0.5) is 11.6 Å². The van der Waals surface area contributed by atoms with Crippen LogP contribution in [0.15, 0.2) is 0 Å². The zero-order chi connectivity index (χ0) is 15.5. The van der Waals surface area contributed by atoms with E-state index in [4.69, 9.17) is 5.73 Å². The predicted molar refractivity (Wildman–Crippen MR) is 81.8 cm³/mol. The summed E-state index contributed by atoms with van der Waals surface area (Å²) in [6.45, 7) is 10.7. The third-order valence-corrected chi connectivity index (χ3v) is 2.94. The molecule has 20 heavy (non-hydrogen) atoms. The highest BCUT2D eigenvalue weighted by Gasteiger charge is 2.22. The summed E-state index contributed by atoms with van der Waals surface area (Å²) in [7, 11) is 1.83. The summed E-state index contributed by atoms with van der Waals surface area (Å²) in [6.07, 6.45) is 0. The summed E-state index contributed by atoms with van der Waals surface area (Å²) in [5.74, 6) is 1.80. The van der Waals surface area contributed by atoms with E-state index < -0.39 is 0 Å². The maximum atomic E-state index is 11.7. The number of nitrogen functional groups attached to an aromatic ring is 1. The molecule has 0 saturated heterocycles. The van der Waals surface area contributed by atoms with Crippen molar-refractivity contribution in [2.24, 2.45) is 0 Å². The Morgan fingerprint density at radius 1 is 1.35 bits per heavy atom. The zero-order valence-corrected chi connectivity index (χ0v) is 13.2. The number of carbonyl (C=O) groups excluding carboxylic acids is 1. The Kier molecular flexibility index (Phi) is 4.92. The van der Waals surface area contributed by atoms with Crippen molar-refractivity contribution in [2.45, 2.75) is 40.0 Å². The van der Waals surface area contributed by atoms with Gasteiger partial charge in [-0.15, -0.1) is 0 Å². The minimum Gasteiger partial charge on any atom is -0.383 e. The fraction of sp³-hybridized carbons (Fsp3) is 0.643. The zero-order valence-electron chi connectivity index (χ0n) is 13.2. The van der Waals surface area contributed by atoms with Gasteiger partial charge < -0.3 is 16.0 Å². The fourth-order valence-electron chi connectivity index (χ4n) is 1.77. The number of rotatable bonds is 4. The van der Waals surface area contributed by atoms with Crippen molar-refractivity contribution in [3.8, 4) is 0 Å². The largest absolute Gasteiger partial charge is 0.383 e. The predicted octanol–water partition coefficient (Wildman–Crippen LogP) is 1.24. The summed E-state index contributed by atoms with van der Waals surface area (Å²) in [4.78, 5) is 22.4. The van der Waals surface area contributed by atoms with Crippen molar-refractivity contribution in [1.29, 1.82) is 0 Å². The second-order valence-corrected chi connectivity index (χ2v) is 5.94. The second kappa shape index (κ2) is 6.07. The standard InChI is InChI=1S/C14H25N5O/c1-7-16-10(20)8-19(6)12-9(2)11(15)17-13(18-12)14(3,4)5/h7-8H2,1-6H3,(H,16,20)(H2,15,17,18). The number of anilines is 2. The van der Waals surface area contributed by atoms with Crippen LogP contribution >= 0.6 is 0 Å². The van der Waals surface area contributed by atoms with Gasteiger partial charge in [0, 0.05) is 24.6 Å². The maximum Gasteiger partial charge on any atom is 0.239 e. The van der Waals surface area contributed by atoms with E-state index in [0.29, 0.717) is 24.0 Å². The van der Waals surface area contributed by atoms with Gasteiger partial charge in [-0.2, -0.15) is 0 Å². The molecular formula is C14H25N5O. The Bertz CT molecular complexity index is 493. The highest BCUT2D eigenvalue weighted by molar-refractivity contribution is 5.81. The van der Waals surface area contributed by atoms with Crippen LogP contribution in [0.1, 0.15) is 39.1 Å². The number of carbonyl (C=O) groups is 1. The molecular weight excluding hydrogens is 254 g/mol. The van der Waals surface area contributed by atoms with Crippen LogP contribution in [0, 0.1) is 6.92 Å². The van der Waals surface area contributed by atoms with Crippen molar-refractivity contribution in [3.63, 3.8) is 0 Å². The summed E-state index contributed by atoms with van der Waals surface area (Å²) >= 11 is 0. The fourth-order valence-corrected chi connectivity index (χ4v) is 1.77. The summed E-state index contributed by atoms with van der Waals surface area (Å²) < 4.78 is 0. The van der Waals surface area contributed by atoms with Gasteiger partial charge in [-0.05, 0) is 13.8 Å². The quantitative estimate of drug-likeness (QED) is 0.866. The molecule has 0 atom stereocenters. The van der Waals surface area contributed by atoms with Crippen molar-refractivity contribution >= 4 is 17.5 Å². The second-order valence-electron chi connectivity index (χ2n) is 5.94. The van der Waals surface area contributed by atoms with E-state index in [9.17, 15) is 4.79 Å². The lowest BCUT2D eigenvalue weighted by Gasteiger charge is -2.24. The van der Waals surface area contributed by atoms with E-state index in [1.807, 2.05) is 41.7 Å². The third-order valence-electron chi connectivity index (χ3n) is 2.94. The van der Waals surface area contributed by atoms with Gasteiger partial charge in [-0.1, -0.05) is 20.8 Å². The topological polar surface area (TPSA) is 84.1 Å². The monoisotopic (exact) mass is 279 g/mol. The molecule has 0 aliphatic carbocycles. The lowest BCUT2D eigenvalue weighted by Crippen LogP contribution is -2.36. The van der Waals surface area contributed by atoms with Gasteiger partial charge >= 0.3 is 0 Å². The summed E-state index contributed by atoms with van der Waals surface area (Å²) in [6, 6.07) is 0. The van der Waals surface area contributed by atoms with E-state index in [1.54, 1.807) is 4.90 Å². The van der Waals surface area contributed by atoms with Crippen molar-refractivity contribution in [2.75, 3.05) is 30.8 Å². The van der Waals surface area contributed by atoms with Gasteiger partial charge in [0.2, 0.25) is 5.91 Å². The van der Waals surface area contributed by atoms with Crippen molar-refractivity contribution in [3.05, 3.63) is 11.4 Å². The highest BCUT2D eigenvalue weighted by Crippen LogP contribution is 2.26. The minimum atomic E-state index is -0.191. The number of hydrogen-bond acceptors (Lipinski definition) is 5. The van der Waals surface area contributed by atoms with Crippen LogP contribution in [0.3, 0.4) is 0 Å². The van der Waals surface area contributed by atoms with Gasteiger partial charge in [0.1, 0.15) is 17.5 Å². The Morgan fingerprint density at radius 2 is 1.95 bits per heavy atom. The van der Waals surface area contributed by atoms with Crippen LogP contribution in [-0.2, 0) is 10.2 Å². The van der Waals surface area contributed by atoms with Crippen LogP contribution in [0.2, 0.25) is 0 Å². The molecule has 1 aromatic rings. The van der Waals surface area contributed by atoms with E-state index >= 15 is 0 Å². The average Bonchev–Trinajstić information content (AvgIpc) is 2.31. The van der Waals surface area contributed by atoms with Gasteiger partial charge in [-0.3, -0.25) is 4.79 Å². The van der Waals surface area contributed by atoms with Gasteiger partial charge in [0.05, 0.1) is 6.54 Å². The molecule has 6 heteroatoms. The van der Waals surface area contributed by atoms with Crippen molar-refractivity contribution < 1.29 is 4.79 Å². The number of nitrogens with one attached hydrogen (secondary N) is 1. The van der Waals surface area contributed by atoms with E-state index in [-0.39, 0.29) is 17.9 Å². The SMILES string of the molecule is CCNC(=O)CN(C)c1nc(C(C)(C)C)nc(N)c1C. The normalized spacial score (nSPS) is 11.3. The molecule has 3 N–H and O–H groups in total. The van der Waals surface area contributed by atoms with Gasteiger partial charge in [0.25, 0.3) is 0 Å². The molecule has 6 nitrogen and oxygen atoms in total. The van der Waals surface area contributed by atoms with Crippen LogP contribution in [0.25, 0.3) is 0 Å². The molecule has 1 heterocycles. The molecule has 0 aromatic carbocycles. The number of likely N-dealkylation sites (N-methyl/N-ethyl adjacent to an activating group) is 2. The van der Waals surface area contributed by atoms with E-state index in [2.05, 4.69) is 15.3 Å². The molecule has 0 aliphatic rings. The highest BCUT2D eigenvalue weighted by atomic mass is 16.2. The number of amides is 1. The van der Waals surface area contributed by atoms with Crippen LogP contribution in [0.5, 0.6) is 0 Å². The smallest absolute Gasteiger partial charge is 0.239 e. The Balaban J connectivity index is 3.10. The Hall–Kier alpha value is -1.85. The molecule has 1 aromatic heterocycles. The van der Waals surface area contributed by atoms with Crippen LogP contribution < -0.4 is 16.0 Å². The molecule has 0 radical (unpaired) electrons. The van der Waals surface area contributed by atoms with Crippen molar-refractivity contribution in [1.82, 2.24) is 15.3 Å². The molecule has 1 rings (SSSR count). The average molecular weight is 279 g/mol. The molecule has 0 bridgehead atoms. The first-order valence-corrected chi connectivity index (χ1v) is 6.79. The first-order chi connectivity index (χ1) is 9.16. The first-order valence-electron chi connectivity index (χ1n) is 6.79. The molecule has 1 amide bonds. The van der Waals surface area contributed by atoms with E-state index in [1.165, 1.54) is 0 Å². The molecule has 0 fully saturated rings.